The number of cyclic esters (lactones) is 1. The average Bonchev–Trinajstić information content (AvgIpc) is 2.79. The van der Waals surface area contributed by atoms with E-state index in [2.05, 4.69) is 0 Å². The summed E-state index contributed by atoms with van der Waals surface area (Å²) in [6.45, 7) is 6.01. The Labute approximate surface area is 133 Å². The lowest BCUT2D eigenvalue weighted by Crippen LogP contribution is -2.46. The molecule has 124 valence electrons. The molecular formula is C19H29FO2. The van der Waals surface area contributed by atoms with E-state index in [-0.39, 0.29) is 41.6 Å². The van der Waals surface area contributed by atoms with Crippen LogP contribution in [0.25, 0.3) is 0 Å². The summed E-state index contributed by atoms with van der Waals surface area (Å²) in [6, 6.07) is 0. The third-order valence-corrected chi connectivity index (χ3v) is 6.49. The quantitative estimate of drug-likeness (QED) is 0.694. The van der Waals surface area contributed by atoms with E-state index in [1.807, 2.05) is 20.8 Å². The minimum absolute atomic E-state index is 0.0104. The summed E-state index contributed by atoms with van der Waals surface area (Å²) >= 11 is 0. The van der Waals surface area contributed by atoms with Gasteiger partial charge in [-0.25, -0.2) is 4.39 Å². The van der Waals surface area contributed by atoms with Crippen LogP contribution in [-0.4, -0.2) is 12.1 Å². The average molecular weight is 308 g/mol. The second-order valence-electron chi connectivity index (χ2n) is 7.63. The minimum atomic E-state index is -0.0877. The third kappa shape index (κ3) is 2.61. The van der Waals surface area contributed by atoms with Gasteiger partial charge in [0.1, 0.15) is 6.10 Å². The van der Waals surface area contributed by atoms with E-state index in [9.17, 15) is 9.18 Å². The normalized spacial score (nSPS) is 43.3. The van der Waals surface area contributed by atoms with Gasteiger partial charge in [0.2, 0.25) is 0 Å². The molecule has 3 rings (SSSR count). The summed E-state index contributed by atoms with van der Waals surface area (Å²) in [7, 11) is 0. The molecule has 2 unspecified atom stereocenters. The van der Waals surface area contributed by atoms with Crippen molar-refractivity contribution in [2.45, 2.75) is 65.4 Å². The van der Waals surface area contributed by atoms with Crippen molar-refractivity contribution in [1.29, 1.82) is 0 Å². The van der Waals surface area contributed by atoms with Crippen LogP contribution >= 0.6 is 0 Å². The Morgan fingerprint density at radius 3 is 2.86 bits per heavy atom. The number of hydrogen-bond acceptors (Lipinski definition) is 2. The highest BCUT2D eigenvalue weighted by atomic mass is 19.1. The Morgan fingerprint density at radius 1 is 1.41 bits per heavy atom. The van der Waals surface area contributed by atoms with Gasteiger partial charge in [0.15, 0.2) is 0 Å². The second-order valence-corrected chi connectivity index (χ2v) is 7.63. The smallest absolute Gasteiger partial charge is 0.309 e. The van der Waals surface area contributed by atoms with Crippen molar-refractivity contribution in [3.63, 3.8) is 0 Å². The molecule has 1 saturated heterocycles. The Kier molecular flexibility index (Phi) is 4.61. The van der Waals surface area contributed by atoms with E-state index < -0.39 is 0 Å². The van der Waals surface area contributed by atoms with Crippen molar-refractivity contribution in [2.24, 2.45) is 35.5 Å². The number of halogens is 1. The van der Waals surface area contributed by atoms with Crippen molar-refractivity contribution >= 4 is 5.97 Å². The molecule has 22 heavy (non-hydrogen) atoms. The van der Waals surface area contributed by atoms with Crippen LogP contribution in [-0.2, 0) is 9.53 Å². The molecule has 0 bridgehead atoms. The molecule has 3 aliphatic rings. The molecule has 0 spiro atoms. The van der Waals surface area contributed by atoms with Crippen molar-refractivity contribution in [3.05, 3.63) is 11.9 Å². The highest BCUT2D eigenvalue weighted by Crippen LogP contribution is 2.56. The Balaban J connectivity index is 1.93. The Hall–Kier alpha value is -0.860. The molecule has 3 heteroatoms. The fourth-order valence-corrected chi connectivity index (χ4v) is 5.58. The highest BCUT2D eigenvalue weighted by Gasteiger charge is 2.56. The van der Waals surface area contributed by atoms with Gasteiger partial charge in [0, 0.05) is 11.8 Å². The molecule has 0 aromatic carbocycles. The maximum Gasteiger partial charge on any atom is 0.309 e. The summed E-state index contributed by atoms with van der Waals surface area (Å²) in [5, 5.41) is 0. The predicted molar refractivity (Wildman–Crippen MR) is 84.7 cm³/mol. The van der Waals surface area contributed by atoms with Crippen molar-refractivity contribution < 1.29 is 13.9 Å². The lowest BCUT2D eigenvalue weighted by atomic mass is 9.54. The molecule has 3 fully saturated rings. The number of allylic oxidation sites excluding steroid dienone is 2. The van der Waals surface area contributed by atoms with Crippen LogP contribution in [0.5, 0.6) is 0 Å². The number of carbonyl (C=O) groups is 1. The molecule has 1 aliphatic heterocycles. The van der Waals surface area contributed by atoms with Crippen LogP contribution in [0.2, 0.25) is 0 Å². The summed E-state index contributed by atoms with van der Waals surface area (Å²) in [4.78, 5) is 12.2. The SMILES string of the molecule is CCC=C(F)C(C)[C@H]1C2CCCC[C@H]2C[C@H]2C(=O)O[C@H](C)[C@@H]12. The third-order valence-electron chi connectivity index (χ3n) is 6.49. The number of carbonyl (C=O) groups excluding carboxylic acids is 1. The Bertz CT molecular complexity index is 458. The van der Waals surface area contributed by atoms with E-state index >= 15 is 0 Å². The maximum absolute atomic E-state index is 14.6. The molecule has 7 atom stereocenters. The van der Waals surface area contributed by atoms with E-state index in [1.54, 1.807) is 6.08 Å². The van der Waals surface area contributed by atoms with E-state index in [0.29, 0.717) is 11.8 Å². The molecular weight excluding hydrogens is 279 g/mol. The lowest BCUT2D eigenvalue weighted by molar-refractivity contribution is -0.144. The first-order chi connectivity index (χ1) is 10.5. The van der Waals surface area contributed by atoms with Crippen LogP contribution in [0.3, 0.4) is 0 Å². The van der Waals surface area contributed by atoms with Crippen LogP contribution in [0.1, 0.15) is 59.3 Å². The number of rotatable bonds is 3. The van der Waals surface area contributed by atoms with E-state index in [0.717, 1.165) is 12.8 Å². The highest BCUT2D eigenvalue weighted by molar-refractivity contribution is 5.75. The zero-order valence-corrected chi connectivity index (χ0v) is 14.1. The predicted octanol–water partition coefficient (Wildman–Crippen LogP) is 4.89. The molecule has 2 saturated carbocycles. The molecule has 2 aliphatic carbocycles. The monoisotopic (exact) mass is 308 g/mol. The molecule has 2 nitrogen and oxygen atoms in total. The summed E-state index contributed by atoms with van der Waals surface area (Å²) in [5.41, 5.74) is 0. The van der Waals surface area contributed by atoms with E-state index in [4.69, 9.17) is 4.74 Å². The first-order valence-electron chi connectivity index (χ1n) is 9.10. The van der Waals surface area contributed by atoms with Gasteiger partial charge in [-0.1, -0.05) is 39.2 Å². The fraction of sp³-hybridized carbons (Fsp3) is 0.842. The van der Waals surface area contributed by atoms with Crippen molar-refractivity contribution in [1.82, 2.24) is 0 Å². The van der Waals surface area contributed by atoms with Gasteiger partial charge in [-0.05, 0) is 43.9 Å². The molecule has 0 aromatic heterocycles. The number of ether oxygens (including phenoxy) is 1. The number of esters is 1. The maximum atomic E-state index is 14.6. The van der Waals surface area contributed by atoms with Gasteiger partial charge in [-0.2, -0.15) is 0 Å². The van der Waals surface area contributed by atoms with Gasteiger partial charge in [-0.15, -0.1) is 0 Å². The standard InChI is InChI=1S/C19H29FO2/c1-4-7-16(20)11(2)17-14-9-6-5-8-13(14)10-15-18(17)12(3)22-19(15)21/h7,11-15,17-18H,4-6,8-10H2,1-3H3/t11?,12-,13+,14?,15-,17+,18-/m1/s1. The van der Waals surface area contributed by atoms with Gasteiger partial charge >= 0.3 is 5.97 Å². The topological polar surface area (TPSA) is 26.3 Å². The summed E-state index contributed by atoms with van der Waals surface area (Å²) < 4.78 is 20.1. The van der Waals surface area contributed by atoms with Crippen molar-refractivity contribution in [2.75, 3.05) is 0 Å². The zero-order valence-electron chi connectivity index (χ0n) is 14.1. The first kappa shape index (κ1) is 16.0. The molecule has 0 radical (unpaired) electrons. The van der Waals surface area contributed by atoms with Crippen molar-refractivity contribution in [3.8, 4) is 0 Å². The van der Waals surface area contributed by atoms with Gasteiger partial charge < -0.3 is 4.74 Å². The van der Waals surface area contributed by atoms with Gasteiger partial charge in [0.05, 0.1) is 11.7 Å². The second kappa shape index (κ2) is 6.33. The van der Waals surface area contributed by atoms with Gasteiger partial charge in [-0.3, -0.25) is 4.79 Å². The largest absolute Gasteiger partial charge is 0.462 e. The molecule has 0 amide bonds. The number of fused-ring (bicyclic) bond motifs is 2. The summed E-state index contributed by atoms with van der Waals surface area (Å²) in [5.74, 6) is 1.54. The summed E-state index contributed by atoms with van der Waals surface area (Å²) in [6.07, 6.45) is 8.29. The zero-order chi connectivity index (χ0) is 15.9. The Morgan fingerprint density at radius 2 is 2.14 bits per heavy atom. The molecule has 0 N–H and O–H groups in total. The first-order valence-corrected chi connectivity index (χ1v) is 9.10. The van der Waals surface area contributed by atoms with Crippen LogP contribution in [0, 0.1) is 35.5 Å². The lowest BCUT2D eigenvalue weighted by Gasteiger charge is -2.48. The minimum Gasteiger partial charge on any atom is -0.462 e. The molecule has 1 heterocycles. The van der Waals surface area contributed by atoms with E-state index in [1.165, 1.54) is 25.7 Å². The fourth-order valence-electron chi connectivity index (χ4n) is 5.58. The van der Waals surface area contributed by atoms with Crippen LogP contribution in [0.15, 0.2) is 11.9 Å². The van der Waals surface area contributed by atoms with Crippen LogP contribution < -0.4 is 0 Å². The number of hydrogen-bond donors (Lipinski definition) is 0. The van der Waals surface area contributed by atoms with Crippen LogP contribution in [0.4, 0.5) is 4.39 Å². The molecule has 0 aromatic rings. The van der Waals surface area contributed by atoms with Gasteiger partial charge in [0.25, 0.3) is 0 Å².